The molecule has 4 nitrogen and oxygen atoms in total. The maximum atomic E-state index is 11.6. The van der Waals surface area contributed by atoms with E-state index < -0.39 is 6.10 Å². The van der Waals surface area contributed by atoms with Gasteiger partial charge in [0.15, 0.2) is 6.10 Å². The van der Waals surface area contributed by atoms with Crippen LogP contribution in [0.3, 0.4) is 0 Å². The predicted octanol–water partition coefficient (Wildman–Crippen LogP) is 2.15. The number of aromatic hydroxyl groups is 1. The van der Waals surface area contributed by atoms with Gasteiger partial charge in [0.1, 0.15) is 5.75 Å². The number of hydrogen-bond donors (Lipinski definition) is 1. The Kier molecular flexibility index (Phi) is 5.65. The zero-order chi connectivity index (χ0) is 13.5. The molecule has 0 fully saturated rings. The van der Waals surface area contributed by atoms with Gasteiger partial charge in [-0.05, 0) is 23.6 Å². The molecule has 0 heterocycles. The molecule has 1 atom stereocenters. The highest BCUT2D eigenvalue weighted by molar-refractivity contribution is 5.75. The molecule has 0 amide bonds. The minimum Gasteiger partial charge on any atom is -0.508 e. The van der Waals surface area contributed by atoms with Crippen molar-refractivity contribution in [2.24, 2.45) is 5.92 Å². The molecule has 0 bridgehead atoms. The van der Waals surface area contributed by atoms with Gasteiger partial charge in [0.05, 0.1) is 13.7 Å². The maximum Gasteiger partial charge on any atom is 0.335 e. The number of hydrogen-bond acceptors (Lipinski definition) is 4. The molecule has 4 heteroatoms. The average Bonchev–Trinajstić information content (AvgIpc) is 2.33. The molecular formula is C14H20O4. The van der Waals surface area contributed by atoms with Crippen molar-refractivity contribution in [1.82, 2.24) is 0 Å². The summed E-state index contributed by atoms with van der Waals surface area (Å²) in [6.07, 6.45) is -0.229. The number of rotatable bonds is 6. The van der Waals surface area contributed by atoms with Crippen LogP contribution in [0.5, 0.6) is 5.75 Å². The Morgan fingerprint density at radius 2 is 2.11 bits per heavy atom. The molecule has 100 valence electrons. The number of ether oxygens (including phenoxy) is 2. The molecule has 0 aliphatic rings. The fourth-order valence-corrected chi connectivity index (χ4v) is 1.55. The second-order valence-corrected chi connectivity index (χ2v) is 4.61. The molecule has 0 aliphatic heterocycles. The molecule has 1 aromatic rings. The van der Waals surface area contributed by atoms with E-state index >= 15 is 0 Å². The topological polar surface area (TPSA) is 55.8 Å². The summed E-state index contributed by atoms with van der Waals surface area (Å²) in [4.78, 5) is 11.6. The first-order valence-corrected chi connectivity index (χ1v) is 6.00. The number of phenolic OH excluding ortho intramolecular Hbond substituents is 1. The molecule has 0 aliphatic carbocycles. The molecule has 0 spiro atoms. The Balaban J connectivity index is 2.68. The van der Waals surface area contributed by atoms with Gasteiger partial charge < -0.3 is 14.6 Å². The van der Waals surface area contributed by atoms with Gasteiger partial charge in [-0.3, -0.25) is 0 Å². The van der Waals surface area contributed by atoms with E-state index in [0.717, 1.165) is 5.56 Å². The van der Waals surface area contributed by atoms with E-state index in [1.165, 1.54) is 7.11 Å². The summed E-state index contributed by atoms with van der Waals surface area (Å²) in [5.74, 6) is 0.139. The van der Waals surface area contributed by atoms with Gasteiger partial charge in [-0.1, -0.05) is 26.0 Å². The lowest BCUT2D eigenvalue weighted by Crippen LogP contribution is -2.29. The van der Waals surface area contributed by atoms with Crippen LogP contribution in [0, 0.1) is 5.92 Å². The molecule has 0 radical (unpaired) electrons. The van der Waals surface area contributed by atoms with Crippen molar-refractivity contribution in [2.75, 3.05) is 13.7 Å². The summed E-state index contributed by atoms with van der Waals surface area (Å²) in [6, 6.07) is 6.79. The van der Waals surface area contributed by atoms with Crippen LogP contribution in [0.4, 0.5) is 0 Å². The van der Waals surface area contributed by atoms with Gasteiger partial charge in [0, 0.05) is 6.42 Å². The molecule has 1 aromatic carbocycles. The van der Waals surface area contributed by atoms with Crippen LogP contribution < -0.4 is 0 Å². The van der Waals surface area contributed by atoms with Crippen molar-refractivity contribution in [3.8, 4) is 5.75 Å². The van der Waals surface area contributed by atoms with Crippen LogP contribution in [0.1, 0.15) is 19.4 Å². The Hall–Kier alpha value is -1.55. The summed E-state index contributed by atoms with van der Waals surface area (Å²) in [5.41, 5.74) is 0.842. The number of esters is 1. The van der Waals surface area contributed by atoms with Crippen LogP contribution in [-0.2, 0) is 20.7 Å². The van der Waals surface area contributed by atoms with E-state index in [9.17, 15) is 9.90 Å². The number of methoxy groups -OCH3 is 1. The first kappa shape index (κ1) is 14.5. The zero-order valence-corrected chi connectivity index (χ0v) is 11.1. The van der Waals surface area contributed by atoms with Gasteiger partial charge >= 0.3 is 5.97 Å². The fourth-order valence-electron chi connectivity index (χ4n) is 1.55. The number of benzene rings is 1. The van der Waals surface area contributed by atoms with E-state index in [0.29, 0.717) is 18.9 Å². The molecule has 1 unspecified atom stereocenters. The van der Waals surface area contributed by atoms with Gasteiger partial charge in [-0.15, -0.1) is 0 Å². The first-order chi connectivity index (χ1) is 8.52. The molecule has 18 heavy (non-hydrogen) atoms. The largest absolute Gasteiger partial charge is 0.508 e. The van der Waals surface area contributed by atoms with Crippen LogP contribution in [-0.4, -0.2) is 30.9 Å². The smallest absolute Gasteiger partial charge is 0.335 e. The van der Waals surface area contributed by atoms with Crippen molar-refractivity contribution in [1.29, 1.82) is 0 Å². The fraction of sp³-hybridized carbons (Fsp3) is 0.500. The SMILES string of the molecule is COC(=O)C(Cc1cccc(O)c1)OCC(C)C. The molecule has 0 aromatic heterocycles. The van der Waals surface area contributed by atoms with Crippen molar-refractivity contribution in [2.45, 2.75) is 26.4 Å². The number of carbonyl (C=O) groups is 1. The van der Waals surface area contributed by atoms with Crippen LogP contribution in [0.15, 0.2) is 24.3 Å². The van der Waals surface area contributed by atoms with Crippen LogP contribution in [0.2, 0.25) is 0 Å². The van der Waals surface area contributed by atoms with E-state index in [4.69, 9.17) is 9.47 Å². The normalized spacial score (nSPS) is 12.4. The summed E-state index contributed by atoms with van der Waals surface area (Å²) >= 11 is 0. The lowest BCUT2D eigenvalue weighted by atomic mass is 10.1. The average molecular weight is 252 g/mol. The van der Waals surface area contributed by atoms with Crippen LogP contribution >= 0.6 is 0 Å². The number of phenols is 1. The van der Waals surface area contributed by atoms with Gasteiger partial charge in [0.2, 0.25) is 0 Å². The Morgan fingerprint density at radius 1 is 1.39 bits per heavy atom. The van der Waals surface area contributed by atoms with E-state index in [2.05, 4.69) is 0 Å². The third kappa shape index (κ3) is 4.75. The second kappa shape index (κ2) is 7.01. The van der Waals surface area contributed by atoms with E-state index in [-0.39, 0.29) is 11.7 Å². The van der Waals surface area contributed by atoms with Crippen LogP contribution in [0.25, 0.3) is 0 Å². The summed E-state index contributed by atoms with van der Waals surface area (Å²) < 4.78 is 10.3. The van der Waals surface area contributed by atoms with E-state index in [1.807, 2.05) is 19.9 Å². The lowest BCUT2D eigenvalue weighted by Gasteiger charge is -2.17. The van der Waals surface area contributed by atoms with Crippen molar-refractivity contribution in [3.05, 3.63) is 29.8 Å². The molecule has 0 saturated carbocycles. The summed E-state index contributed by atoms with van der Waals surface area (Å²) in [5, 5.41) is 9.38. The highest BCUT2D eigenvalue weighted by atomic mass is 16.6. The van der Waals surface area contributed by atoms with Crippen molar-refractivity contribution in [3.63, 3.8) is 0 Å². The molecule has 1 rings (SSSR count). The predicted molar refractivity (Wildman–Crippen MR) is 68.4 cm³/mol. The number of carbonyl (C=O) groups excluding carboxylic acids is 1. The Bertz CT molecular complexity index is 387. The standard InChI is InChI=1S/C14H20O4/c1-10(2)9-18-13(14(16)17-3)8-11-5-4-6-12(15)7-11/h4-7,10,13,15H,8-9H2,1-3H3. The summed E-state index contributed by atoms with van der Waals surface area (Å²) in [6.45, 7) is 4.53. The van der Waals surface area contributed by atoms with Crippen molar-refractivity contribution < 1.29 is 19.4 Å². The van der Waals surface area contributed by atoms with Gasteiger partial charge in [0.25, 0.3) is 0 Å². The molecule has 1 N–H and O–H groups in total. The second-order valence-electron chi connectivity index (χ2n) is 4.61. The Labute approximate surface area is 108 Å². The minimum atomic E-state index is -0.626. The van der Waals surface area contributed by atoms with Gasteiger partial charge in [-0.2, -0.15) is 0 Å². The molecular weight excluding hydrogens is 232 g/mol. The highest BCUT2D eigenvalue weighted by Gasteiger charge is 2.20. The quantitative estimate of drug-likeness (QED) is 0.788. The molecule has 0 saturated heterocycles. The highest BCUT2D eigenvalue weighted by Crippen LogP contribution is 2.14. The zero-order valence-electron chi connectivity index (χ0n) is 11.1. The minimum absolute atomic E-state index is 0.181. The monoisotopic (exact) mass is 252 g/mol. The third-order valence-electron chi connectivity index (χ3n) is 2.43. The Morgan fingerprint density at radius 3 is 2.67 bits per heavy atom. The summed E-state index contributed by atoms with van der Waals surface area (Å²) in [7, 11) is 1.34. The lowest BCUT2D eigenvalue weighted by molar-refractivity contribution is -0.154. The third-order valence-corrected chi connectivity index (χ3v) is 2.43. The maximum absolute atomic E-state index is 11.6. The van der Waals surface area contributed by atoms with Gasteiger partial charge in [-0.25, -0.2) is 4.79 Å². The van der Waals surface area contributed by atoms with E-state index in [1.54, 1.807) is 18.2 Å². The van der Waals surface area contributed by atoms with Crippen molar-refractivity contribution >= 4 is 5.97 Å². The first-order valence-electron chi connectivity index (χ1n) is 6.00.